The molecule has 0 fully saturated rings. The molecule has 2 N–H and O–H groups in total. The SMILES string of the molecule is CC(CC(=O)O)n1c(=O)cc[nH]c1=O. The Labute approximate surface area is 78.8 Å². The van der Waals surface area contributed by atoms with Crippen LogP contribution in [0.1, 0.15) is 19.4 Å². The maximum absolute atomic E-state index is 11.2. The summed E-state index contributed by atoms with van der Waals surface area (Å²) in [7, 11) is 0. The molecule has 6 heteroatoms. The molecule has 0 aliphatic heterocycles. The van der Waals surface area contributed by atoms with Crippen molar-refractivity contribution >= 4 is 5.97 Å². The highest BCUT2D eigenvalue weighted by Gasteiger charge is 2.12. The maximum atomic E-state index is 11.2. The minimum Gasteiger partial charge on any atom is -0.481 e. The molecule has 76 valence electrons. The van der Waals surface area contributed by atoms with Crippen LogP contribution >= 0.6 is 0 Å². The van der Waals surface area contributed by atoms with Crippen LogP contribution in [0.5, 0.6) is 0 Å². The van der Waals surface area contributed by atoms with Crippen LogP contribution in [-0.2, 0) is 4.79 Å². The Kier molecular flexibility index (Phi) is 2.85. The number of aliphatic carboxylic acids is 1. The van der Waals surface area contributed by atoms with Crippen molar-refractivity contribution in [3.63, 3.8) is 0 Å². The molecule has 1 heterocycles. The second-order valence-electron chi connectivity index (χ2n) is 2.94. The molecule has 14 heavy (non-hydrogen) atoms. The summed E-state index contributed by atoms with van der Waals surface area (Å²) in [6, 6.07) is 0.532. The van der Waals surface area contributed by atoms with Crippen LogP contribution in [-0.4, -0.2) is 20.6 Å². The van der Waals surface area contributed by atoms with Gasteiger partial charge in [0.25, 0.3) is 5.56 Å². The van der Waals surface area contributed by atoms with Gasteiger partial charge in [0.1, 0.15) is 0 Å². The largest absolute Gasteiger partial charge is 0.481 e. The third-order valence-corrected chi connectivity index (χ3v) is 1.80. The highest BCUT2D eigenvalue weighted by atomic mass is 16.4. The summed E-state index contributed by atoms with van der Waals surface area (Å²) in [5.41, 5.74) is -1.09. The summed E-state index contributed by atoms with van der Waals surface area (Å²) in [4.78, 5) is 35.1. The molecule has 1 atom stereocenters. The number of hydrogen-bond acceptors (Lipinski definition) is 3. The van der Waals surface area contributed by atoms with E-state index in [4.69, 9.17) is 5.11 Å². The van der Waals surface area contributed by atoms with Crippen molar-refractivity contribution in [2.75, 3.05) is 0 Å². The van der Waals surface area contributed by atoms with Gasteiger partial charge in [-0.1, -0.05) is 0 Å². The van der Waals surface area contributed by atoms with E-state index in [0.29, 0.717) is 0 Å². The molecular weight excluding hydrogens is 188 g/mol. The van der Waals surface area contributed by atoms with E-state index in [2.05, 4.69) is 4.98 Å². The first-order valence-corrected chi connectivity index (χ1v) is 4.04. The molecule has 0 radical (unpaired) electrons. The van der Waals surface area contributed by atoms with Gasteiger partial charge < -0.3 is 10.1 Å². The fourth-order valence-corrected chi connectivity index (χ4v) is 1.20. The number of nitrogens with zero attached hydrogens (tertiary/aromatic N) is 1. The summed E-state index contributed by atoms with van der Waals surface area (Å²) >= 11 is 0. The lowest BCUT2D eigenvalue weighted by atomic mass is 10.2. The summed E-state index contributed by atoms with van der Waals surface area (Å²) < 4.78 is 0.883. The highest BCUT2D eigenvalue weighted by molar-refractivity contribution is 5.67. The van der Waals surface area contributed by atoms with Crippen LogP contribution in [0.25, 0.3) is 0 Å². The second kappa shape index (κ2) is 3.91. The topological polar surface area (TPSA) is 92.2 Å². The maximum Gasteiger partial charge on any atom is 0.328 e. The highest BCUT2D eigenvalue weighted by Crippen LogP contribution is 2.03. The number of aromatic nitrogens is 2. The van der Waals surface area contributed by atoms with Gasteiger partial charge in [-0.2, -0.15) is 0 Å². The number of aromatic amines is 1. The summed E-state index contributed by atoms with van der Waals surface area (Å²) in [6.07, 6.45) is 0.974. The zero-order valence-electron chi connectivity index (χ0n) is 7.56. The van der Waals surface area contributed by atoms with Gasteiger partial charge in [-0.3, -0.25) is 14.2 Å². The number of carboxylic acids is 1. The van der Waals surface area contributed by atoms with Crippen molar-refractivity contribution in [2.45, 2.75) is 19.4 Å². The predicted molar refractivity (Wildman–Crippen MR) is 48.3 cm³/mol. The van der Waals surface area contributed by atoms with Crippen LogP contribution in [0.3, 0.4) is 0 Å². The molecule has 1 rings (SSSR count). The van der Waals surface area contributed by atoms with Gasteiger partial charge in [-0.15, -0.1) is 0 Å². The average Bonchev–Trinajstić information content (AvgIpc) is 2.01. The Balaban J connectivity index is 3.12. The Morgan fingerprint density at radius 3 is 2.79 bits per heavy atom. The van der Waals surface area contributed by atoms with E-state index in [-0.39, 0.29) is 6.42 Å². The standard InChI is InChI=1S/C8H10N2O4/c1-5(4-7(12)13)10-6(11)2-3-9-8(10)14/h2-3,5H,4H2,1H3,(H,9,14)(H,12,13). The van der Waals surface area contributed by atoms with Crippen LogP contribution in [0.4, 0.5) is 0 Å². The van der Waals surface area contributed by atoms with Gasteiger partial charge >= 0.3 is 11.7 Å². The predicted octanol–water partition coefficient (Wildman–Crippen LogP) is -0.428. The Morgan fingerprint density at radius 1 is 1.64 bits per heavy atom. The average molecular weight is 198 g/mol. The molecule has 1 unspecified atom stereocenters. The van der Waals surface area contributed by atoms with Crippen LogP contribution in [0, 0.1) is 0 Å². The van der Waals surface area contributed by atoms with Crippen LogP contribution < -0.4 is 11.2 Å². The second-order valence-corrected chi connectivity index (χ2v) is 2.94. The molecule has 6 nitrogen and oxygen atoms in total. The number of carboxylic acid groups (broad SMARTS) is 1. The minimum atomic E-state index is -1.05. The molecule has 0 amide bonds. The van der Waals surface area contributed by atoms with Gasteiger partial charge in [0.15, 0.2) is 0 Å². The van der Waals surface area contributed by atoms with E-state index in [1.807, 2.05) is 0 Å². The van der Waals surface area contributed by atoms with Crippen molar-refractivity contribution in [1.29, 1.82) is 0 Å². The third kappa shape index (κ3) is 2.09. The van der Waals surface area contributed by atoms with Crippen molar-refractivity contribution in [2.24, 2.45) is 0 Å². The number of rotatable bonds is 3. The van der Waals surface area contributed by atoms with E-state index >= 15 is 0 Å². The zero-order chi connectivity index (χ0) is 10.7. The molecule has 1 aromatic rings. The first-order valence-electron chi connectivity index (χ1n) is 4.04. The van der Waals surface area contributed by atoms with E-state index in [1.165, 1.54) is 19.2 Å². The molecule has 0 aliphatic carbocycles. The van der Waals surface area contributed by atoms with E-state index in [0.717, 1.165) is 4.57 Å². The van der Waals surface area contributed by atoms with Gasteiger partial charge in [0.05, 0.1) is 6.42 Å². The molecule has 0 saturated heterocycles. The number of carbonyl (C=O) groups is 1. The fraction of sp³-hybridized carbons (Fsp3) is 0.375. The van der Waals surface area contributed by atoms with Gasteiger partial charge in [0.2, 0.25) is 0 Å². The molecule has 0 aliphatic rings. The molecule has 0 bridgehead atoms. The molecule has 0 saturated carbocycles. The van der Waals surface area contributed by atoms with Crippen molar-refractivity contribution < 1.29 is 9.90 Å². The van der Waals surface area contributed by atoms with Gasteiger partial charge in [-0.05, 0) is 6.92 Å². The quantitative estimate of drug-likeness (QED) is 0.689. The van der Waals surface area contributed by atoms with Crippen LogP contribution in [0.15, 0.2) is 21.9 Å². The van der Waals surface area contributed by atoms with Gasteiger partial charge in [0, 0.05) is 18.3 Å². The third-order valence-electron chi connectivity index (χ3n) is 1.80. The Bertz CT molecular complexity index is 417. The van der Waals surface area contributed by atoms with E-state index in [9.17, 15) is 14.4 Å². The fourth-order valence-electron chi connectivity index (χ4n) is 1.20. The first-order chi connectivity index (χ1) is 6.52. The van der Waals surface area contributed by atoms with Crippen molar-refractivity contribution in [3.8, 4) is 0 Å². The van der Waals surface area contributed by atoms with Crippen molar-refractivity contribution in [3.05, 3.63) is 33.1 Å². The first kappa shape index (κ1) is 10.2. The Morgan fingerprint density at radius 2 is 2.29 bits per heavy atom. The van der Waals surface area contributed by atoms with Crippen molar-refractivity contribution in [1.82, 2.24) is 9.55 Å². The minimum absolute atomic E-state index is 0.257. The Hall–Kier alpha value is -1.85. The normalized spacial score (nSPS) is 12.4. The molecule has 1 aromatic heterocycles. The molecule has 0 spiro atoms. The monoisotopic (exact) mass is 198 g/mol. The summed E-state index contributed by atoms with van der Waals surface area (Å²) in [5, 5.41) is 8.50. The number of nitrogens with one attached hydrogen (secondary N) is 1. The lowest BCUT2D eigenvalue weighted by molar-refractivity contribution is -0.137. The lowest BCUT2D eigenvalue weighted by Crippen LogP contribution is -2.36. The van der Waals surface area contributed by atoms with Gasteiger partial charge in [-0.25, -0.2) is 4.79 Å². The summed E-state index contributed by atoms with van der Waals surface area (Å²) in [5.74, 6) is -1.05. The molecular formula is C8H10N2O4. The van der Waals surface area contributed by atoms with E-state index in [1.54, 1.807) is 0 Å². The molecule has 0 aromatic carbocycles. The zero-order valence-corrected chi connectivity index (χ0v) is 7.56. The smallest absolute Gasteiger partial charge is 0.328 e. The number of hydrogen-bond donors (Lipinski definition) is 2. The van der Waals surface area contributed by atoms with E-state index < -0.39 is 23.3 Å². The van der Waals surface area contributed by atoms with Crippen LogP contribution in [0.2, 0.25) is 0 Å². The summed E-state index contributed by atoms with van der Waals surface area (Å²) in [6.45, 7) is 1.50. The number of H-pyrrole nitrogens is 1. The lowest BCUT2D eigenvalue weighted by Gasteiger charge is -2.09.